The smallest absolute Gasteiger partial charge is 0.232 e. The average molecular weight is 247 g/mol. The van der Waals surface area contributed by atoms with E-state index in [1.807, 2.05) is 11.8 Å². The highest BCUT2D eigenvalue weighted by molar-refractivity contribution is 7.99. The highest BCUT2D eigenvalue weighted by Crippen LogP contribution is 2.17. The second-order valence-corrected chi connectivity index (χ2v) is 5.32. The van der Waals surface area contributed by atoms with Gasteiger partial charge in [0.1, 0.15) is 0 Å². The zero-order valence-electron chi connectivity index (χ0n) is 10.0. The van der Waals surface area contributed by atoms with E-state index >= 15 is 0 Å². The summed E-state index contributed by atoms with van der Waals surface area (Å²) in [5.74, 6) is 1.75. The summed E-state index contributed by atoms with van der Waals surface area (Å²) in [6, 6.07) is 0. The van der Waals surface area contributed by atoms with Crippen LogP contribution in [-0.2, 0) is 9.53 Å². The van der Waals surface area contributed by atoms with E-state index in [0.717, 1.165) is 5.75 Å². The first-order chi connectivity index (χ1) is 7.65. The second-order valence-electron chi connectivity index (χ2n) is 4.22. The lowest BCUT2D eigenvalue weighted by molar-refractivity contribution is -0.131. The van der Waals surface area contributed by atoms with Gasteiger partial charge in [0, 0.05) is 26.0 Å². The maximum Gasteiger partial charge on any atom is 0.232 e. The van der Waals surface area contributed by atoms with E-state index in [0.29, 0.717) is 31.9 Å². The number of carbonyl (C=O) groups excluding carboxylic acids is 1. The summed E-state index contributed by atoms with van der Waals surface area (Å²) >= 11 is 1.60. The van der Waals surface area contributed by atoms with Gasteiger partial charge in [-0.05, 0) is 12.3 Å². The maximum absolute atomic E-state index is 11.8. The Morgan fingerprint density at radius 2 is 2.38 bits per heavy atom. The van der Waals surface area contributed by atoms with Gasteiger partial charge in [0.2, 0.25) is 5.91 Å². The monoisotopic (exact) mass is 247 g/mol. The topological polar surface area (TPSA) is 49.8 Å². The third-order valence-electron chi connectivity index (χ3n) is 2.87. The quantitative estimate of drug-likeness (QED) is 0.723. The Morgan fingerprint density at radius 3 is 3.00 bits per heavy atom. The summed E-state index contributed by atoms with van der Waals surface area (Å²) in [5, 5.41) is 9.56. The molecule has 0 aromatic heterocycles. The number of rotatable bonds is 5. The summed E-state index contributed by atoms with van der Waals surface area (Å²) in [6.07, 6.45) is 0.459. The number of ether oxygens (including phenoxy) is 1. The van der Waals surface area contributed by atoms with Crippen molar-refractivity contribution in [3.63, 3.8) is 0 Å². The van der Waals surface area contributed by atoms with Crippen molar-refractivity contribution in [2.45, 2.75) is 19.4 Å². The van der Waals surface area contributed by atoms with Gasteiger partial charge in [-0.2, -0.15) is 0 Å². The van der Waals surface area contributed by atoms with Crippen molar-refractivity contribution < 1.29 is 14.6 Å². The molecule has 1 heterocycles. The minimum absolute atomic E-state index is 0.180. The molecule has 1 aliphatic heterocycles. The van der Waals surface area contributed by atoms with E-state index in [9.17, 15) is 9.90 Å². The lowest BCUT2D eigenvalue weighted by Crippen LogP contribution is -2.45. The summed E-state index contributed by atoms with van der Waals surface area (Å²) < 4.78 is 4.92. The zero-order valence-corrected chi connectivity index (χ0v) is 10.8. The van der Waals surface area contributed by atoms with Crippen molar-refractivity contribution in [2.75, 3.05) is 38.3 Å². The van der Waals surface area contributed by atoms with Gasteiger partial charge in [0.25, 0.3) is 0 Å². The van der Waals surface area contributed by atoms with Crippen molar-refractivity contribution >= 4 is 17.7 Å². The molecule has 1 fully saturated rings. The number of methoxy groups -OCH3 is 1. The molecular weight excluding hydrogens is 226 g/mol. The van der Waals surface area contributed by atoms with Crippen LogP contribution in [0.4, 0.5) is 0 Å². The summed E-state index contributed by atoms with van der Waals surface area (Å²) in [5.41, 5.74) is 0. The lowest BCUT2D eigenvalue weighted by Gasteiger charge is -2.34. The molecule has 0 aromatic rings. The number of likely N-dealkylation sites (tertiary alicyclic amines) is 1. The van der Waals surface area contributed by atoms with E-state index in [2.05, 4.69) is 0 Å². The highest BCUT2D eigenvalue weighted by atomic mass is 32.2. The number of amides is 1. The number of hydrogen-bond donors (Lipinski definition) is 1. The Kier molecular flexibility index (Phi) is 6.16. The lowest BCUT2D eigenvalue weighted by atomic mass is 9.97. The minimum Gasteiger partial charge on any atom is -0.393 e. The molecule has 0 radical (unpaired) electrons. The van der Waals surface area contributed by atoms with Gasteiger partial charge >= 0.3 is 0 Å². The summed E-state index contributed by atoms with van der Waals surface area (Å²) in [4.78, 5) is 13.7. The molecule has 1 aliphatic rings. The molecule has 0 saturated carbocycles. The predicted molar refractivity (Wildman–Crippen MR) is 65.6 cm³/mol. The molecule has 16 heavy (non-hydrogen) atoms. The van der Waals surface area contributed by atoms with E-state index in [-0.39, 0.29) is 17.9 Å². The van der Waals surface area contributed by atoms with Gasteiger partial charge in [-0.15, -0.1) is 11.8 Å². The molecule has 1 saturated heterocycles. The van der Waals surface area contributed by atoms with Crippen LogP contribution in [0.15, 0.2) is 0 Å². The van der Waals surface area contributed by atoms with Crippen molar-refractivity contribution in [3.8, 4) is 0 Å². The molecule has 1 N–H and O–H groups in total. The SMILES string of the molecule is COCCSCC(=O)N1CCC(O)C(C)C1. The van der Waals surface area contributed by atoms with Gasteiger partial charge in [-0.1, -0.05) is 6.92 Å². The van der Waals surface area contributed by atoms with Crippen LogP contribution in [0.3, 0.4) is 0 Å². The fraction of sp³-hybridized carbons (Fsp3) is 0.909. The van der Waals surface area contributed by atoms with E-state index in [1.54, 1.807) is 18.9 Å². The minimum atomic E-state index is -0.245. The fourth-order valence-electron chi connectivity index (χ4n) is 1.75. The first-order valence-corrected chi connectivity index (χ1v) is 6.83. The Labute approximate surface area is 101 Å². The van der Waals surface area contributed by atoms with Crippen LogP contribution < -0.4 is 0 Å². The van der Waals surface area contributed by atoms with E-state index in [4.69, 9.17) is 4.74 Å². The zero-order chi connectivity index (χ0) is 12.0. The molecule has 0 bridgehead atoms. The molecule has 0 aliphatic carbocycles. The Morgan fingerprint density at radius 1 is 1.62 bits per heavy atom. The van der Waals surface area contributed by atoms with Gasteiger partial charge in [0.15, 0.2) is 0 Å². The molecule has 94 valence electrons. The Hall–Kier alpha value is -0.260. The molecule has 0 aromatic carbocycles. The standard InChI is InChI=1S/C11H21NO3S/c1-9-7-12(4-3-10(9)13)11(14)8-16-6-5-15-2/h9-10,13H,3-8H2,1-2H3. The van der Waals surface area contributed by atoms with Crippen LogP contribution in [0, 0.1) is 5.92 Å². The van der Waals surface area contributed by atoms with Gasteiger partial charge < -0.3 is 14.7 Å². The van der Waals surface area contributed by atoms with Crippen molar-refractivity contribution in [3.05, 3.63) is 0 Å². The molecule has 5 heteroatoms. The average Bonchev–Trinajstić information content (AvgIpc) is 2.28. The molecule has 4 nitrogen and oxygen atoms in total. The number of piperidine rings is 1. The van der Waals surface area contributed by atoms with Crippen molar-refractivity contribution in [2.24, 2.45) is 5.92 Å². The van der Waals surface area contributed by atoms with Crippen molar-refractivity contribution in [1.82, 2.24) is 4.90 Å². The van der Waals surface area contributed by atoms with E-state index < -0.39 is 0 Å². The van der Waals surface area contributed by atoms with Crippen LogP contribution >= 0.6 is 11.8 Å². The Balaban J connectivity index is 2.21. The third kappa shape index (κ3) is 4.31. The molecular formula is C11H21NO3S. The predicted octanol–water partition coefficient (Wildman–Crippen LogP) is 0.595. The van der Waals surface area contributed by atoms with Crippen LogP contribution in [-0.4, -0.2) is 60.3 Å². The molecule has 0 spiro atoms. The molecule has 2 unspecified atom stereocenters. The van der Waals surface area contributed by atoms with Gasteiger partial charge in [0.05, 0.1) is 18.5 Å². The molecule has 1 rings (SSSR count). The van der Waals surface area contributed by atoms with Crippen LogP contribution in [0.2, 0.25) is 0 Å². The molecule has 2 atom stereocenters. The van der Waals surface area contributed by atoms with Crippen molar-refractivity contribution in [1.29, 1.82) is 0 Å². The molecule has 1 amide bonds. The normalized spacial score (nSPS) is 25.8. The van der Waals surface area contributed by atoms with Crippen LogP contribution in [0.1, 0.15) is 13.3 Å². The van der Waals surface area contributed by atoms with Crippen LogP contribution in [0.25, 0.3) is 0 Å². The largest absolute Gasteiger partial charge is 0.393 e. The second kappa shape index (κ2) is 7.14. The number of carbonyl (C=O) groups is 1. The number of aliphatic hydroxyl groups excluding tert-OH is 1. The van der Waals surface area contributed by atoms with Gasteiger partial charge in [-0.25, -0.2) is 0 Å². The summed E-state index contributed by atoms with van der Waals surface area (Å²) in [7, 11) is 1.66. The number of aliphatic hydroxyl groups is 1. The number of nitrogens with zero attached hydrogens (tertiary/aromatic N) is 1. The third-order valence-corrected chi connectivity index (χ3v) is 3.78. The van der Waals surface area contributed by atoms with E-state index in [1.165, 1.54) is 0 Å². The van der Waals surface area contributed by atoms with Crippen LogP contribution in [0.5, 0.6) is 0 Å². The maximum atomic E-state index is 11.8. The Bertz CT molecular complexity index is 225. The first-order valence-electron chi connectivity index (χ1n) is 5.67. The first kappa shape index (κ1) is 13.8. The fourth-order valence-corrected chi connectivity index (χ4v) is 2.54. The highest BCUT2D eigenvalue weighted by Gasteiger charge is 2.26. The number of hydrogen-bond acceptors (Lipinski definition) is 4. The number of thioether (sulfide) groups is 1. The van der Waals surface area contributed by atoms with Gasteiger partial charge in [-0.3, -0.25) is 4.79 Å². The summed E-state index contributed by atoms with van der Waals surface area (Å²) in [6.45, 7) is 4.05.